The molecule has 1 aromatic carbocycles. The van der Waals surface area contributed by atoms with Gasteiger partial charge in [0.15, 0.2) is 6.04 Å². The number of benzene rings is 1. The van der Waals surface area contributed by atoms with Gasteiger partial charge in [-0.05, 0) is 25.7 Å². The minimum atomic E-state index is 0.146. The number of thiazole rings is 1. The number of nitrogens with zero attached hydrogens (tertiary/aromatic N) is 3. The summed E-state index contributed by atoms with van der Waals surface area (Å²) < 4.78 is 1.58. The van der Waals surface area contributed by atoms with Gasteiger partial charge in [-0.2, -0.15) is 4.52 Å². The molecule has 3 aromatic rings. The third kappa shape index (κ3) is 2.70. The second-order valence-electron chi connectivity index (χ2n) is 6.83. The van der Waals surface area contributed by atoms with Crippen molar-refractivity contribution < 1.29 is 10.0 Å². The summed E-state index contributed by atoms with van der Waals surface area (Å²) in [7, 11) is 0. The highest BCUT2D eigenvalue weighted by molar-refractivity contribution is 7.17. The third-order valence-corrected chi connectivity index (χ3v) is 6.11. The molecular weight excluding hydrogens is 320 g/mol. The molecule has 1 aliphatic heterocycles. The predicted octanol–water partition coefficient (Wildman–Crippen LogP) is 2.21. The van der Waals surface area contributed by atoms with Crippen LogP contribution in [-0.4, -0.2) is 32.8 Å². The average molecular weight is 343 g/mol. The van der Waals surface area contributed by atoms with Crippen LogP contribution in [0.1, 0.15) is 42.1 Å². The summed E-state index contributed by atoms with van der Waals surface area (Å²) in [6.45, 7) is 6.45. The molecule has 6 heteroatoms. The quantitative estimate of drug-likeness (QED) is 0.767. The van der Waals surface area contributed by atoms with E-state index in [-0.39, 0.29) is 11.9 Å². The SMILES string of the molecule is Cc1nc2sc([C@@H](c3ccccc3)[NH+]3CCC(C)CC3)c(O)n2n1. The summed E-state index contributed by atoms with van der Waals surface area (Å²) >= 11 is 1.56. The molecule has 0 spiro atoms. The van der Waals surface area contributed by atoms with Crippen molar-refractivity contribution in [2.24, 2.45) is 5.92 Å². The molecule has 24 heavy (non-hydrogen) atoms. The number of hydrogen-bond acceptors (Lipinski definition) is 4. The first-order chi connectivity index (χ1) is 11.6. The van der Waals surface area contributed by atoms with Crippen LogP contribution in [0.15, 0.2) is 30.3 Å². The summed E-state index contributed by atoms with van der Waals surface area (Å²) in [6.07, 6.45) is 2.47. The number of fused-ring (bicyclic) bond motifs is 1. The molecule has 1 aliphatic rings. The fourth-order valence-electron chi connectivity index (χ4n) is 3.68. The molecule has 0 bridgehead atoms. The van der Waals surface area contributed by atoms with Gasteiger partial charge >= 0.3 is 0 Å². The standard InChI is InChI=1S/C18H22N4OS/c1-12-8-10-21(11-9-12)15(14-6-4-3-5-7-14)16-17(23)22-18(24-16)19-13(2)20-22/h3-7,12,15,23H,8-11H2,1-2H3/p+1/t15-/m1/s1. The molecule has 2 N–H and O–H groups in total. The molecule has 0 unspecified atom stereocenters. The number of nitrogens with one attached hydrogen (secondary N) is 1. The molecule has 0 radical (unpaired) electrons. The number of aromatic nitrogens is 3. The Morgan fingerprint density at radius 3 is 2.62 bits per heavy atom. The molecule has 4 rings (SSSR count). The van der Waals surface area contributed by atoms with E-state index in [9.17, 15) is 5.11 Å². The van der Waals surface area contributed by atoms with Gasteiger partial charge in [0.25, 0.3) is 0 Å². The van der Waals surface area contributed by atoms with E-state index in [0.29, 0.717) is 5.82 Å². The summed E-state index contributed by atoms with van der Waals surface area (Å²) in [5, 5.41) is 15.1. The Morgan fingerprint density at radius 2 is 1.96 bits per heavy atom. The van der Waals surface area contributed by atoms with Crippen molar-refractivity contribution in [3.05, 3.63) is 46.6 Å². The number of aryl methyl sites for hydroxylation is 1. The lowest BCUT2D eigenvalue weighted by molar-refractivity contribution is -0.931. The van der Waals surface area contributed by atoms with E-state index in [1.807, 2.05) is 13.0 Å². The van der Waals surface area contributed by atoms with Crippen molar-refractivity contribution in [2.45, 2.75) is 32.7 Å². The van der Waals surface area contributed by atoms with Crippen molar-refractivity contribution in [1.29, 1.82) is 0 Å². The van der Waals surface area contributed by atoms with Crippen molar-refractivity contribution >= 4 is 16.3 Å². The Morgan fingerprint density at radius 1 is 1.25 bits per heavy atom. The van der Waals surface area contributed by atoms with Gasteiger partial charge in [-0.3, -0.25) is 0 Å². The van der Waals surface area contributed by atoms with Crippen LogP contribution in [0.2, 0.25) is 0 Å². The van der Waals surface area contributed by atoms with Crippen LogP contribution in [0, 0.1) is 12.8 Å². The van der Waals surface area contributed by atoms with Crippen LogP contribution < -0.4 is 4.90 Å². The fourth-order valence-corrected chi connectivity index (χ4v) is 4.86. The molecule has 1 atom stereocenters. The maximum absolute atomic E-state index is 10.8. The summed E-state index contributed by atoms with van der Waals surface area (Å²) in [6, 6.07) is 10.7. The molecule has 1 fully saturated rings. The number of rotatable bonds is 3. The Kier molecular flexibility index (Phi) is 4.02. The Bertz CT molecular complexity index is 833. The smallest absolute Gasteiger partial charge is 0.235 e. The minimum Gasteiger partial charge on any atom is -0.492 e. The first-order valence-corrected chi connectivity index (χ1v) is 9.39. The summed E-state index contributed by atoms with van der Waals surface area (Å²) in [4.78, 5) is 7.70. The molecule has 1 saturated heterocycles. The van der Waals surface area contributed by atoms with Crippen LogP contribution in [-0.2, 0) is 0 Å². The summed E-state index contributed by atoms with van der Waals surface area (Å²) in [5.74, 6) is 1.73. The van der Waals surface area contributed by atoms with E-state index < -0.39 is 0 Å². The fraction of sp³-hybridized carbons (Fsp3) is 0.444. The summed E-state index contributed by atoms with van der Waals surface area (Å²) in [5.41, 5.74) is 1.25. The highest BCUT2D eigenvalue weighted by Gasteiger charge is 2.34. The second-order valence-corrected chi connectivity index (χ2v) is 7.84. The molecule has 0 aliphatic carbocycles. The largest absolute Gasteiger partial charge is 0.492 e. The van der Waals surface area contributed by atoms with Crippen LogP contribution in [0.25, 0.3) is 4.96 Å². The van der Waals surface area contributed by atoms with E-state index in [0.717, 1.165) is 28.8 Å². The Balaban J connectivity index is 1.79. The zero-order valence-corrected chi connectivity index (χ0v) is 14.9. The third-order valence-electron chi connectivity index (χ3n) is 5.03. The lowest BCUT2D eigenvalue weighted by atomic mass is 9.95. The number of aromatic hydroxyl groups is 1. The van der Waals surface area contributed by atoms with Gasteiger partial charge < -0.3 is 10.0 Å². The maximum Gasteiger partial charge on any atom is 0.235 e. The maximum atomic E-state index is 10.8. The minimum absolute atomic E-state index is 0.146. The molecule has 5 nitrogen and oxygen atoms in total. The van der Waals surface area contributed by atoms with Crippen LogP contribution in [0.5, 0.6) is 5.88 Å². The number of piperidine rings is 1. The van der Waals surface area contributed by atoms with E-state index in [4.69, 9.17) is 0 Å². The van der Waals surface area contributed by atoms with Crippen molar-refractivity contribution in [3.63, 3.8) is 0 Å². The van der Waals surface area contributed by atoms with Crippen molar-refractivity contribution in [3.8, 4) is 5.88 Å². The van der Waals surface area contributed by atoms with Crippen LogP contribution in [0.3, 0.4) is 0 Å². The lowest BCUT2D eigenvalue weighted by Crippen LogP contribution is -3.13. The van der Waals surface area contributed by atoms with E-state index in [2.05, 4.69) is 41.3 Å². The topological polar surface area (TPSA) is 54.9 Å². The molecule has 126 valence electrons. The monoisotopic (exact) mass is 343 g/mol. The van der Waals surface area contributed by atoms with E-state index >= 15 is 0 Å². The van der Waals surface area contributed by atoms with Crippen molar-refractivity contribution in [2.75, 3.05) is 13.1 Å². The lowest BCUT2D eigenvalue weighted by Gasteiger charge is -2.33. The predicted molar refractivity (Wildman–Crippen MR) is 94.6 cm³/mol. The van der Waals surface area contributed by atoms with E-state index in [1.165, 1.54) is 23.3 Å². The van der Waals surface area contributed by atoms with Crippen molar-refractivity contribution in [1.82, 2.24) is 14.6 Å². The van der Waals surface area contributed by atoms with Gasteiger partial charge in [0.05, 0.1) is 13.1 Å². The zero-order chi connectivity index (χ0) is 16.7. The van der Waals surface area contributed by atoms with Gasteiger partial charge in [-0.25, -0.2) is 4.98 Å². The normalized spacial score (nSPS) is 22.8. The molecule has 2 aromatic heterocycles. The zero-order valence-electron chi connectivity index (χ0n) is 14.1. The molecule has 3 heterocycles. The Labute approximate surface area is 145 Å². The van der Waals surface area contributed by atoms with Crippen LogP contribution >= 0.6 is 11.3 Å². The van der Waals surface area contributed by atoms with Gasteiger partial charge in [0.1, 0.15) is 10.7 Å². The average Bonchev–Trinajstić information content (AvgIpc) is 3.09. The van der Waals surface area contributed by atoms with Gasteiger partial charge in [0.2, 0.25) is 10.8 Å². The Hall–Kier alpha value is -1.92. The number of likely N-dealkylation sites (tertiary alicyclic amines) is 1. The van der Waals surface area contributed by atoms with Gasteiger partial charge in [0, 0.05) is 5.56 Å². The molecule has 0 saturated carbocycles. The molecule has 0 amide bonds. The van der Waals surface area contributed by atoms with Crippen LogP contribution in [0.4, 0.5) is 0 Å². The first-order valence-electron chi connectivity index (χ1n) is 8.58. The highest BCUT2D eigenvalue weighted by atomic mass is 32.1. The number of quaternary nitrogens is 1. The highest BCUT2D eigenvalue weighted by Crippen LogP contribution is 2.35. The van der Waals surface area contributed by atoms with E-state index in [1.54, 1.807) is 15.9 Å². The van der Waals surface area contributed by atoms with Gasteiger partial charge in [-0.15, -0.1) is 5.10 Å². The first kappa shape index (κ1) is 15.6. The second kappa shape index (κ2) is 6.18. The molecular formula is C18H23N4OS+. The van der Waals surface area contributed by atoms with Gasteiger partial charge in [-0.1, -0.05) is 48.6 Å². The number of hydrogen-bond donors (Lipinski definition) is 2.